The fourth-order valence-electron chi connectivity index (χ4n) is 3.30. The number of ether oxygens (including phenoxy) is 2. The molecule has 10 nitrogen and oxygen atoms in total. The second-order valence-electron chi connectivity index (χ2n) is 7.47. The van der Waals surface area contributed by atoms with E-state index in [1.165, 1.54) is 24.3 Å². The van der Waals surface area contributed by atoms with E-state index in [1.54, 1.807) is 0 Å². The van der Waals surface area contributed by atoms with Gasteiger partial charge in [0.2, 0.25) is 10.0 Å². The van der Waals surface area contributed by atoms with Gasteiger partial charge in [-0.15, -0.1) is 0 Å². The number of carbonyl (C=O) groups excluding carboxylic acids is 1. The molecule has 2 saturated heterocycles. The van der Waals surface area contributed by atoms with Gasteiger partial charge in [-0.2, -0.15) is 4.39 Å². The molecule has 13 heteroatoms. The van der Waals surface area contributed by atoms with E-state index in [1.807, 2.05) is 0 Å². The third-order valence-corrected chi connectivity index (χ3v) is 7.20. The number of sulfonamides is 1. The molecule has 0 unspecified atom stereocenters. The molecule has 1 aromatic carbocycles. The first-order valence-corrected chi connectivity index (χ1v) is 12.7. The molecule has 2 aliphatic heterocycles. The second kappa shape index (κ2) is 10.7. The Balaban J connectivity index is 1.50. The fraction of sp³-hybridized carbons (Fsp3) is 0.450. The van der Waals surface area contributed by atoms with E-state index >= 15 is 0 Å². The highest BCUT2D eigenvalue weighted by Crippen LogP contribution is 2.18. The minimum Gasteiger partial charge on any atom is -0.389 e. The number of thiazole rings is 1. The maximum absolute atomic E-state index is 13.2. The molecule has 0 saturated carbocycles. The molecule has 0 radical (unpaired) electrons. The summed E-state index contributed by atoms with van der Waals surface area (Å²) in [4.78, 5) is 22.1. The average Bonchev–Trinajstić information content (AvgIpc) is 3.57. The third kappa shape index (κ3) is 6.32. The SMILES string of the molecule is O=C(Nc1ncc(F)s1)/C(=N/O[C@@H]1CCOC1)c1ccc(S(=O)(=O)NC[C@@H]2CCCO2)cc1. The van der Waals surface area contributed by atoms with Crippen LogP contribution in [0.2, 0.25) is 0 Å². The van der Waals surface area contributed by atoms with Crippen LogP contribution in [0, 0.1) is 5.13 Å². The zero-order valence-electron chi connectivity index (χ0n) is 17.5. The summed E-state index contributed by atoms with van der Waals surface area (Å²) in [7, 11) is -3.75. The number of benzene rings is 1. The summed E-state index contributed by atoms with van der Waals surface area (Å²) in [6.45, 7) is 1.71. The Morgan fingerprint density at radius 3 is 2.73 bits per heavy atom. The molecular weight excluding hydrogens is 475 g/mol. The maximum atomic E-state index is 13.2. The molecular formula is C20H23FN4O6S2. The van der Waals surface area contributed by atoms with Gasteiger partial charge >= 0.3 is 0 Å². The van der Waals surface area contributed by atoms with Crippen molar-refractivity contribution in [2.75, 3.05) is 31.7 Å². The van der Waals surface area contributed by atoms with Crippen LogP contribution in [0.15, 0.2) is 40.5 Å². The minimum atomic E-state index is -3.75. The van der Waals surface area contributed by atoms with Crippen LogP contribution in [0.25, 0.3) is 0 Å². The highest BCUT2D eigenvalue weighted by Gasteiger charge is 2.23. The summed E-state index contributed by atoms with van der Waals surface area (Å²) in [5.74, 6) is -0.671. The van der Waals surface area contributed by atoms with Gasteiger partial charge in [0.05, 0.1) is 30.4 Å². The van der Waals surface area contributed by atoms with Crippen molar-refractivity contribution in [1.82, 2.24) is 9.71 Å². The first-order valence-electron chi connectivity index (χ1n) is 10.4. The molecule has 178 valence electrons. The van der Waals surface area contributed by atoms with Crippen molar-refractivity contribution in [2.45, 2.75) is 36.4 Å². The van der Waals surface area contributed by atoms with Crippen molar-refractivity contribution in [3.63, 3.8) is 0 Å². The molecule has 0 aliphatic carbocycles. The van der Waals surface area contributed by atoms with Crippen LogP contribution >= 0.6 is 11.3 Å². The largest absolute Gasteiger partial charge is 0.389 e. The Bertz CT molecular complexity index is 1090. The number of nitrogens with zero attached hydrogens (tertiary/aromatic N) is 2. The van der Waals surface area contributed by atoms with Gasteiger partial charge < -0.3 is 14.3 Å². The standard InChI is InChI=1S/C20H23FN4O6S2/c21-17-11-22-20(32-17)24-19(26)18(25-31-15-7-9-29-12-15)13-3-5-16(6-4-13)33(27,28)23-10-14-2-1-8-30-14/h3-6,11,14-15,23H,1-2,7-10,12H2,(H,22,24,26)/b25-18+/t14-,15+/m0/s1. The third-order valence-electron chi connectivity index (χ3n) is 5.06. The van der Waals surface area contributed by atoms with Gasteiger partial charge in [0.1, 0.15) is 0 Å². The van der Waals surface area contributed by atoms with E-state index in [2.05, 4.69) is 20.2 Å². The monoisotopic (exact) mass is 498 g/mol. The van der Waals surface area contributed by atoms with Crippen LogP contribution in [0.4, 0.5) is 9.52 Å². The van der Waals surface area contributed by atoms with E-state index < -0.39 is 21.1 Å². The molecule has 1 aromatic heterocycles. The van der Waals surface area contributed by atoms with E-state index in [0.717, 1.165) is 19.0 Å². The van der Waals surface area contributed by atoms with Gasteiger partial charge in [-0.3, -0.25) is 10.1 Å². The fourth-order valence-corrected chi connectivity index (χ4v) is 4.91. The van der Waals surface area contributed by atoms with E-state index in [9.17, 15) is 17.6 Å². The van der Waals surface area contributed by atoms with Crippen LogP contribution in [0.1, 0.15) is 24.8 Å². The Morgan fingerprint density at radius 1 is 1.27 bits per heavy atom. The van der Waals surface area contributed by atoms with Crippen LogP contribution in [0.5, 0.6) is 0 Å². The van der Waals surface area contributed by atoms with Gasteiger partial charge in [0.15, 0.2) is 22.1 Å². The number of oxime groups is 1. The lowest BCUT2D eigenvalue weighted by Gasteiger charge is -2.12. The first kappa shape index (κ1) is 23.7. The maximum Gasteiger partial charge on any atom is 0.280 e. The van der Waals surface area contributed by atoms with Gasteiger partial charge in [-0.25, -0.2) is 18.1 Å². The highest BCUT2D eigenvalue weighted by atomic mass is 32.2. The summed E-state index contributed by atoms with van der Waals surface area (Å²) in [5, 5.41) is 5.97. The van der Waals surface area contributed by atoms with Gasteiger partial charge in [-0.1, -0.05) is 28.6 Å². The average molecular weight is 499 g/mol. The number of amides is 1. The molecule has 2 aliphatic rings. The second-order valence-corrected chi connectivity index (χ2v) is 10.2. The lowest BCUT2D eigenvalue weighted by molar-refractivity contribution is -0.110. The van der Waals surface area contributed by atoms with E-state index in [4.69, 9.17) is 14.3 Å². The smallest absolute Gasteiger partial charge is 0.280 e. The molecule has 2 aromatic rings. The number of halogens is 1. The van der Waals surface area contributed by atoms with Crippen LogP contribution in [0.3, 0.4) is 0 Å². The molecule has 3 heterocycles. The molecule has 0 bridgehead atoms. The normalized spacial score (nSPS) is 21.3. The van der Waals surface area contributed by atoms with Crippen molar-refractivity contribution < 1.29 is 31.9 Å². The lowest BCUT2D eigenvalue weighted by Crippen LogP contribution is -2.31. The number of anilines is 1. The Labute approximate surface area is 194 Å². The lowest BCUT2D eigenvalue weighted by atomic mass is 10.1. The Kier molecular flexibility index (Phi) is 7.65. The van der Waals surface area contributed by atoms with Crippen LogP contribution in [-0.4, -0.2) is 63.6 Å². The van der Waals surface area contributed by atoms with Gasteiger partial charge in [0.25, 0.3) is 5.91 Å². The Morgan fingerprint density at radius 2 is 2.09 bits per heavy atom. The van der Waals surface area contributed by atoms with Crippen molar-refractivity contribution in [2.24, 2.45) is 5.16 Å². The zero-order chi connectivity index (χ0) is 23.3. The van der Waals surface area contributed by atoms with Crippen molar-refractivity contribution in [1.29, 1.82) is 0 Å². The van der Waals surface area contributed by atoms with Crippen LogP contribution in [-0.2, 0) is 29.1 Å². The predicted octanol–water partition coefficient (Wildman–Crippen LogP) is 1.89. The first-order chi connectivity index (χ1) is 15.9. The number of nitrogens with one attached hydrogen (secondary N) is 2. The van der Waals surface area contributed by atoms with Gasteiger partial charge in [-0.05, 0) is 25.0 Å². The van der Waals surface area contributed by atoms with E-state index in [-0.39, 0.29) is 34.5 Å². The van der Waals surface area contributed by atoms with Gasteiger partial charge in [0, 0.05) is 25.1 Å². The van der Waals surface area contributed by atoms with Crippen LogP contribution < -0.4 is 10.0 Å². The number of aromatic nitrogens is 1. The predicted molar refractivity (Wildman–Crippen MR) is 118 cm³/mol. The highest BCUT2D eigenvalue weighted by molar-refractivity contribution is 7.89. The summed E-state index contributed by atoms with van der Waals surface area (Å²) >= 11 is 0.670. The molecule has 1 amide bonds. The molecule has 2 fully saturated rings. The summed E-state index contributed by atoms with van der Waals surface area (Å²) in [5.41, 5.74) is 0.218. The number of hydrogen-bond acceptors (Lipinski definition) is 9. The number of rotatable bonds is 9. The molecule has 4 rings (SSSR count). The summed E-state index contributed by atoms with van der Waals surface area (Å²) in [6.07, 6.45) is 2.91. The number of hydrogen-bond donors (Lipinski definition) is 2. The molecule has 2 N–H and O–H groups in total. The zero-order valence-corrected chi connectivity index (χ0v) is 19.2. The summed E-state index contributed by atoms with van der Waals surface area (Å²) in [6, 6.07) is 5.65. The number of carbonyl (C=O) groups is 1. The van der Waals surface area contributed by atoms with E-state index in [0.29, 0.717) is 43.1 Å². The summed E-state index contributed by atoms with van der Waals surface area (Å²) < 4.78 is 51.6. The quantitative estimate of drug-likeness (QED) is 0.399. The van der Waals surface area contributed by atoms with Crippen molar-refractivity contribution in [3.05, 3.63) is 41.2 Å². The minimum absolute atomic E-state index is 0.0381. The molecule has 0 spiro atoms. The Hall–Kier alpha value is -2.45. The molecule has 33 heavy (non-hydrogen) atoms. The van der Waals surface area contributed by atoms with Crippen molar-refractivity contribution in [3.8, 4) is 0 Å². The van der Waals surface area contributed by atoms with Crippen molar-refractivity contribution >= 4 is 38.1 Å². The topological polar surface area (TPSA) is 128 Å². The molecule has 2 atom stereocenters.